The molecule has 1 amide bonds. The van der Waals surface area contributed by atoms with Crippen molar-refractivity contribution in [2.75, 3.05) is 6.54 Å². The van der Waals surface area contributed by atoms with Gasteiger partial charge >= 0.3 is 5.97 Å². The largest absolute Gasteiger partial charge is 0.481 e. The number of unbranched alkanes of at least 4 members (excludes halogenated alkanes) is 2. The van der Waals surface area contributed by atoms with Crippen LogP contribution in [0, 0.1) is 12.7 Å². The fraction of sp³-hybridized carbons (Fsp3) is 0.240. The molecule has 8 nitrogen and oxygen atoms in total. The number of carbonyl (C=O) groups excluding carboxylic acids is 1. The number of aromatic nitrogens is 2. The maximum atomic E-state index is 14.3. The van der Waals surface area contributed by atoms with Crippen molar-refractivity contribution in [1.29, 1.82) is 0 Å². The summed E-state index contributed by atoms with van der Waals surface area (Å²) < 4.78 is 21.7. The van der Waals surface area contributed by atoms with Crippen LogP contribution >= 0.6 is 24.0 Å². The van der Waals surface area contributed by atoms with Gasteiger partial charge in [0.15, 0.2) is 11.6 Å². The van der Waals surface area contributed by atoms with Crippen LogP contribution in [0.4, 0.5) is 4.39 Å². The molecule has 0 atom stereocenters. The molecule has 1 fully saturated rings. The van der Waals surface area contributed by atoms with Crippen LogP contribution in [0.3, 0.4) is 0 Å². The highest BCUT2D eigenvalue weighted by Gasteiger charge is 2.32. The molecule has 1 aliphatic heterocycles. The Bertz CT molecular complexity index is 1450. The molecule has 4 rings (SSSR count). The van der Waals surface area contributed by atoms with Crippen molar-refractivity contribution in [3.8, 4) is 11.6 Å². The number of para-hydroxylation sites is 1. The van der Waals surface area contributed by atoms with Crippen LogP contribution in [0.1, 0.15) is 36.8 Å². The van der Waals surface area contributed by atoms with Crippen molar-refractivity contribution >= 4 is 51.9 Å². The second-order valence-corrected chi connectivity index (χ2v) is 9.77. The number of rotatable bonds is 9. The van der Waals surface area contributed by atoms with Crippen molar-refractivity contribution in [2.24, 2.45) is 0 Å². The van der Waals surface area contributed by atoms with Gasteiger partial charge in [-0.25, -0.2) is 4.39 Å². The van der Waals surface area contributed by atoms with E-state index in [0.29, 0.717) is 41.3 Å². The summed E-state index contributed by atoms with van der Waals surface area (Å²) in [4.78, 5) is 43.3. The van der Waals surface area contributed by atoms with Crippen LogP contribution in [0.5, 0.6) is 11.6 Å². The standard InChI is InChI=1S/C25H22FN3O5S2/c1-15-8-7-13-28-21(15)27-22(34-18-10-5-4-9-17(18)26)16(23(28)32)14-19-24(33)29(25(35)36-19)12-6-2-3-11-20(30)31/h4-5,7-10,13-14H,2-3,6,11-12H2,1H3,(H,30,31)/b19-14+. The number of pyridine rings is 1. The van der Waals surface area contributed by atoms with Crippen LogP contribution in [0.15, 0.2) is 52.3 Å². The average molecular weight is 528 g/mol. The lowest BCUT2D eigenvalue weighted by Gasteiger charge is -2.14. The summed E-state index contributed by atoms with van der Waals surface area (Å²) in [7, 11) is 0. The van der Waals surface area contributed by atoms with Crippen molar-refractivity contribution in [3.63, 3.8) is 0 Å². The molecule has 3 heterocycles. The van der Waals surface area contributed by atoms with Crippen LogP contribution < -0.4 is 10.3 Å². The number of aliphatic carboxylic acids is 1. The summed E-state index contributed by atoms with van der Waals surface area (Å²) in [5, 5.41) is 8.76. The number of carbonyl (C=O) groups is 2. The van der Waals surface area contributed by atoms with Gasteiger partial charge in [0.1, 0.15) is 15.5 Å². The quantitative estimate of drug-likeness (QED) is 0.241. The first-order valence-electron chi connectivity index (χ1n) is 11.2. The Hall–Kier alpha value is -3.57. The number of benzene rings is 1. The summed E-state index contributed by atoms with van der Waals surface area (Å²) in [6.45, 7) is 2.13. The summed E-state index contributed by atoms with van der Waals surface area (Å²) >= 11 is 6.42. The van der Waals surface area contributed by atoms with Gasteiger partial charge in [0.25, 0.3) is 11.5 Å². The monoisotopic (exact) mass is 527 g/mol. The minimum Gasteiger partial charge on any atom is -0.481 e. The van der Waals surface area contributed by atoms with Crippen LogP contribution in [-0.4, -0.2) is 42.1 Å². The predicted molar refractivity (Wildman–Crippen MR) is 139 cm³/mol. The summed E-state index contributed by atoms with van der Waals surface area (Å²) in [6, 6.07) is 9.26. The van der Waals surface area contributed by atoms with Gasteiger partial charge in [-0.05, 0) is 49.6 Å². The molecule has 11 heteroatoms. The van der Waals surface area contributed by atoms with E-state index in [9.17, 15) is 18.8 Å². The van der Waals surface area contributed by atoms with Gasteiger partial charge in [-0.2, -0.15) is 4.98 Å². The van der Waals surface area contributed by atoms with Crippen LogP contribution in [-0.2, 0) is 9.59 Å². The number of carboxylic acid groups (broad SMARTS) is 1. The molecule has 1 aliphatic rings. The van der Waals surface area contributed by atoms with Gasteiger partial charge in [0.2, 0.25) is 5.88 Å². The molecule has 0 radical (unpaired) electrons. The number of aryl methyl sites for hydroxylation is 1. The molecule has 0 aliphatic carbocycles. The zero-order chi connectivity index (χ0) is 25.8. The first kappa shape index (κ1) is 25.5. The highest BCUT2D eigenvalue weighted by Crippen LogP contribution is 2.34. The third kappa shape index (κ3) is 5.47. The number of carboxylic acids is 1. The second kappa shape index (κ2) is 11.0. The maximum Gasteiger partial charge on any atom is 0.303 e. The molecule has 0 saturated carbocycles. The van der Waals surface area contributed by atoms with Gasteiger partial charge in [0, 0.05) is 19.2 Å². The van der Waals surface area contributed by atoms with Gasteiger partial charge in [-0.1, -0.05) is 48.6 Å². The molecular formula is C25H22FN3O5S2. The number of hydrogen-bond donors (Lipinski definition) is 1. The third-order valence-corrected chi connectivity index (χ3v) is 6.89. The van der Waals surface area contributed by atoms with Crippen molar-refractivity contribution in [3.05, 3.63) is 74.8 Å². The minimum atomic E-state index is -0.859. The first-order valence-corrected chi connectivity index (χ1v) is 12.4. The lowest BCUT2D eigenvalue weighted by Crippen LogP contribution is -2.29. The Morgan fingerprint density at radius 2 is 1.97 bits per heavy atom. The van der Waals surface area contributed by atoms with Gasteiger partial charge in [-0.3, -0.25) is 23.7 Å². The van der Waals surface area contributed by atoms with Crippen molar-refractivity contribution in [1.82, 2.24) is 14.3 Å². The average Bonchev–Trinajstić information content (AvgIpc) is 3.10. The highest BCUT2D eigenvalue weighted by atomic mass is 32.2. The summed E-state index contributed by atoms with van der Waals surface area (Å²) in [5.74, 6) is -2.08. The number of fused-ring (bicyclic) bond motifs is 1. The number of ether oxygens (including phenoxy) is 1. The van der Waals surface area contributed by atoms with E-state index in [2.05, 4.69) is 4.98 Å². The Labute approximate surface area is 215 Å². The maximum absolute atomic E-state index is 14.3. The molecule has 3 aromatic rings. The smallest absolute Gasteiger partial charge is 0.303 e. The first-order chi connectivity index (χ1) is 17.3. The lowest BCUT2D eigenvalue weighted by atomic mass is 10.2. The van der Waals surface area contributed by atoms with Gasteiger partial charge in [-0.15, -0.1) is 0 Å². The Morgan fingerprint density at radius 3 is 2.72 bits per heavy atom. The van der Waals surface area contributed by atoms with E-state index >= 15 is 0 Å². The molecule has 1 saturated heterocycles. The number of thiocarbonyl (C=S) groups is 1. The van der Waals surface area contributed by atoms with Crippen LogP contribution in [0.2, 0.25) is 0 Å². The molecular weight excluding hydrogens is 505 g/mol. The Kier molecular flexibility index (Phi) is 7.80. The normalized spacial score (nSPS) is 14.7. The van der Waals surface area contributed by atoms with E-state index in [1.807, 2.05) is 0 Å². The lowest BCUT2D eigenvalue weighted by molar-refractivity contribution is -0.137. The van der Waals surface area contributed by atoms with E-state index in [1.165, 1.54) is 33.6 Å². The Morgan fingerprint density at radius 1 is 1.19 bits per heavy atom. The fourth-order valence-corrected chi connectivity index (χ4v) is 4.96. The summed E-state index contributed by atoms with van der Waals surface area (Å²) in [5.41, 5.74) is 0.575. The topological polar surface area (TPSA) is 101 Å². The molecule has 0 spiro atoms. The van der Waals surface area contributed by atoms with E-state index in [1.54, 1.807) is 31.3 Å². The highest BCUT2D eigenvalue weighted by molar-refractivity contribution is 8.26. The van der Waals surface area contributed by atoms with E-state index in [4.69, 9.17) is 22.1 Å². The van der Waals surface area contributed by atoms with Crippen LogP contribution in [0.25, 0.3) is 11.7 Å². The van der Waals surface area contributed by atoms with E-state index in [-0.39, 0.29) is 34.4 Å². The van der Waals surface area contributed by atoms with Gasteiger partial charge in [0.05, 0.1) is 4.91 Å². The zero-order valence-corrected chi connectivity index (χ0v) is 20.9. The SMILES string of the molecule is Cc1cccn2c(=O)c(/C=C3/SC(=S)N(CCCCCC(=O)O)C3=O)c(Oc3ccccc3F)nc12. The zero-order valence-electron chi connectivity index (χ0n) is 19.3. The molecule has 36 heavy (non-hydrogen) atoms. The predicted octanol–water partition coefficient (Wildman–Crippen LogP) is 4.78. The minimum absolute atomic E-state index is 0.0108. The molecule has 186 valence electrons. The Balaban J connectivity index is 1.68. The second-order valence-electron chi connectivity index (χ2n) is 8.09. The molecule has 0 unspecified atom stereocenters. The number of halogens is 1. The number of nitrogens with zero attached hydrogens (tertiary/aromatic N) is 3. The van der Waals surface area contributed by atoms with Crippen molar-refractivity contribution < 1.29 is 23.8 Å². The third-order valence-electron chi connectivity index (χ3n) is 5.51. The van der Waals surface area contributed by atoms with Gasteiger partial charge < -0.3 is 9.84 Å². The number of hydrogen-bond acceptors (Lipinski definition) is 7. The fourth-order valence-electron chi connectivity index (χ4n) is 3.67. The molecule has 1 N–H and O–H groups in total. The van der Waals surface area contributed by atoms with Crippen molar-refractivity contribution in [2.45, 2.75) is 32.6 Å². The number of thioether (sulfide) groups is 1. The molecule has 2 aromatic heterocycles. The molecule has 0 bridgehead atoms. The molecule has 1 aromatic carbocycles. The number of amides is 1. The van der Waals surface area contributed by atoms with E-state index in [0.717, 1.165) is 11.8 Å². The van der Waals surface area contributed by atoms with E-state index < -0.39 is 17.3 Å². The summed E-state index contributed by atoms with van der Waals surface area (Å²) in [6.07, 6.45) is 4.75.